The summed E-state index contributed by atoms with van der Waals surface area (Å²) in [6.45, 7) is 12.5. The third-order valence-corrected chi connectivity index (χ3v) is 6.94. The van der Waals surface area contributed by atoms with Crippen LogP contribution in [0, 0.1) is 13.8 Å². The Labute approximate surface area is 173 Å². The lowest BCUT2D eigenvalue weighted by Crippen LogP contribution is -2.57. The van der Waals surface area contributed by atoms with Gasteiger partial charge in [-0.1, -0.05) is 6.07 Å². The minimum absolute atomic E-state index is 0.290. The standard InChI is InChI=1S/C20H32N4O4S/c1-14-7-8-17(13-15(14)2)29(27,28)24-11-9-23(10-12-24)16(3)18(25)21-19(26)22-20(4,5)6/h7-8,13,16H,9-12H2,1-6H3,(H2,21,22,25,26)/t16-/m0/s1. The van der Waals surface area contributed by atoms with Gasteiger partial charge in [-0.2, -0.15) is 4.31 Å². The van der Waals surface area contributed by atoms with Crippen molar-refractivity contribution in [1.82, 2.24) is 19.8 Å². The number of carbonyl (C=O) groups is 2. The zero-order chi connectivity index (χ0) is 22.0. The maximum absolute atomic E-state index is 12.9. The lowest BCUT2D eigenvalue weighted by Gasteiger charge is -2.36. The van der Waals surface area contributed by atoms with Gasteiger partial charge in [0.1, 0.15) is 0 Å². The van der Waals surface area contributed by atoms with E-state index in [0.29, 0.717) is 31.1 Å². The molecule has 0 unspecified atom stereocenters. The van der Waals surface area contributed by atoms with Crippen molar-refractivity contribution in [3.05, 3.63) is 29.3 Å². The zero-order valence-electron chi connectivity index (χ0n) is 18.1. The number of imide groups is 1. The van der Waals surface area contributed by atoms with Gasteiger partial charge in [0, 0.05) is 31.7 Å². The third kappa shape index (κ3) is 6.01. The molecule has 0 saturated carbocycles. The summed E-state index contributed by atoms with van der Waals surface area (Å²) < 4.78 is 27.3. The molecule has 162 valence electrons. The maximum atomic E-state index is 12.9. The summed E-state index contributed by atoms with van der Waals surface area (Å²) in [5, 5.41) is 5.03. The third-order valence-electron chi connectivity index (χ3n) is 5.04. The molecule has 1 atom stereocenters. The fourth-order valence-corrected chi connectivity index (χ4v) is 4.62. The summed E-state index contributed by atoms with van der Waals surface area (Å²) in [6.07, 6.45) is 0. The number of sulfonamides is 1. The average Bonchev–Trinajstić information content (AvgIpc) is 2.61. The van der Waals surface area contributed by atoms with E-state index < -0.39 is 33.5 Å². The highest BCUT2D eigenvalue weighted by Gasteiger charge is 2.32. The van der Waals surface area contributed by atoms with Crippen molar-refractivity contribution in [2.75, 3.05) is 26.2 Å². The Balaban J connectivity index is 1.96. The van der Waals surface area contributed by atoms with E-state index in [1.54, 1.807) is 19.1 Å². The molecule has 0 radical (unpaired) electrons. The number of aryl methyl sites for hydroxylation is 2. The van der Waals surface area contributed by atoms with Gasteiger partial charge in [-0.05, 0) is 64.8 Å². The second-order valence-electron chi connectivity index (χ2n) is 8.56. The van der Waals surface area contributed by atoms with Crippen LogP contribution in [-0.2, 0) is 14.8 Å². The Kier molecular flexibility index (Phi) is 7.08. The summed E-state index contributed by atoms with van der Waals surface area (Å²) in [7, 11) is -3.57. The molecule has 29 heavy (non-hydrogen) atoms. The Morgan fingerprint density at radius 1 is 1.03 bits per heavy atom. The summed E-state index contributed by atoms with van der Waals surface area (Å²) in [5.74, 6) is -0.405. The van der Waals surface area contributed by atoms with Gasteiger partial charge >= 0.3 is 6.03 Å². The van der Waals surface area contributed by atoms with E-state index in [1.807, 2.05) is 45.6 Å². The predicted octanol–water partition coefficient (Wildman–Crippen LogP) is 1.62. The normalized spacial score (nSPS) is 17.6. The van der Waals surface area contributed by atoms with Crippen LogP contribution in [-0.4, -0.2) is 67.3 Å². The Morgan fingerprint density at radius 2 is 1.62 bits per heavy atom. The minimum atomic E-state index is -3.57. The zero-order valence-corrected chi connectivity index (χ0v) is 18.9. The van der Waals surface area contributed by atoms with Gasteiger partial charge in [0.25, 0.3) is 0 Å². The van der Waals surface area contributed by atoms with Crippen molar-refractivity contribution in [2.24, 2.45) is 0 Å². The molecule has 1 fully saturated rings. The van der Waals surface area contributed by atoms with Gasteiger partial charge < -0.3 is 5.32 Å². The highest BCUT2D eigenvalue weighted by atomic mass is 32.2. The number of urea groups is 1. The first-order valence-corrected chi connectivity index (χ1v) is 11.2. The van der Waals surface area contributed by atoms with E-state index in [2.05, 4.69) is 10.6 Å². The monoisotopic (exact) mass is 424 g/mol. The lowest BCUT2D eigenvalue weighted by molar-refractivity contribution is -0.125. The average molecular weight is 425 g/mol. The van der Waals surface area contributed by atoms with E-state index in [-0.39, 0.29) is 0 Å². The molecule has 1 aromatic carbocycles. The number of hydrogen-bond donors (Lipinski definition) is 2. The van der Waals surface area contributed by atoms with Crippen LogP contribution in [0.25, 0.3) is 0 Å². The lowest BCUT2D eigenvalue weighted by atomic mass is 10.1. The van der Waals surface area contributed by atoms with Crippen LogP contribution in [0.1, 0.15) is 38.8 Å². The maximum Gasteiger partial charge on any atom is 0.321 e. The van der Waals surface area contributed by atoms with Crippen molar-refractivity contribution in [1.29, 1.82) is 0 Å². The first-order chi connectivity index (χ1) is 13.3. The van der Waals surface area contributed by atoms with E-state index in [1.165, 1.54) is 4.31 Å². The molecule has 1 heterocycles. The summed E-state index contributed by atoms with van der Waals surface area (Å²) >= 11 is 0. The van der Waals surface area contributed by atoms with Gasteiger partial charge in [-0.25, -0.2) is 13.2 Å². The van der Waals surface area contributed by atoms with Gasteiger partial charge in [-0.3, -0.25) is 15.0 Å². The fraction of sp³-hybridized carbons (Fsp3) is 0.600. The molecule has 3 amide bonds. The Bertz CT molecular complexity index is 869. The number of piperazine rings is 1. The van der Waals surface area contributed by atoms with Crippen LogP contribution in [0.15, 0.2) is 23.1 Å². The number of amides is 3. The second kappa shape index (κ2) is 8.81. The van der Waals surface area contributed by atoms with Crippen LogP contribution in [0.3, 0.4) is 0 Å². The molecule has 2 rings (SSSR count). The van der Waals surface area contributed by atoms with Crippen LogP contribution >= 0.6 is 0 Å². The van der Waals surface area contributed by atoms with Gasteiger partial charge in [0.15, 0.2) is 0 Å². The molecule has 0 aromatic heterocycles. The first-order valence-electron chi connectivity index (χ1n) is 9.76. The highest BCUT2D eigenvalue weighted by Crippen LogP contribution is 2.21. The minimum Gasteiger partial charge on any atom is -0.333 e. The molecule has 1 aliphatic rings. The predicted molar refractivity (Wildman–Crippen MR) is 112 cm³/mol. The molecule has 1 saturated heterocycles. The van der Waals surface area contributed by atoms with Gasteiger partial charge in [-0.15, -0.1) is 0 Å². The fourth-order valence-electron chi connectivity index (χ4n) is 3.11. The Hall–Kier alpha value is -1.97. The number of hydrogen-bond acceptors (Lipinski definition) is 5. The van der Waals surface area contributed by atoms with E-state index in [9.17, 15) is 18.0 Å². The molecule has 9 heteroatoms. The quantitative estimate of drug-likeness (QED) is 0.765. The SMILES string of the molecule is Cc1ccc(S(=O)(=O)N2CCN([C@@H](C)C(=O)NC(=O)NC(C)(C)C)CC2)cc1C. The van der Waals surface area contributed by atoms with Crippen molar-refractivity contribution < 1.29 is 18.0 Å². The smallest absolute Gasteiger partial charge is 0.321 e. The molecule has 8 nitrogen and oxygen atoms in total. The molecule has 1 aliphatic heterocycles. The van der Waals surface area contributed by atoms with Crippen LogP contribution < -0.4 is 10.6 Å². The molecular weight excluding hydrogens is 392 g/mol. The van der Waals surface area contributed by atoms with E-state index >= 15 is 0 Å². The number of rotatable bonds is 4. The highest BCUT2D eigenvalue weighted by molar-refractivity contribution is 7.89. The van der Waals surface area contributed by atoms with Crippen molar-refractivity contribution >= 4 is 22.0 Å². The topological polar surface area (TPSA) is 98.8 Å². The van der Waals surface area contributed by atoms with Gasteiger partial charge in [0.05, 0.1) is 10.9 Å². The number of carbonyl (C=O) groups excluding carboxylic acids is 2. The molecule has 0 aliphatic carbocycles. The van der Waals surface area contributed by atoms with Crippen LogP contribution in [0.4, 0.5) is 4.79 Å². The summed E-state index contributed by atoms with van der Waals surface area (Å²) in [4.78, 5) is 26.4. The largest absolute Gasteiger partial charge is 0.333 e. The van der Waals surface area contributed by atoms with Gasteiger partial charge in [0.2, 0.25) is 15.9 Å². The number of nitrogens with zero attached hydrogens (tertiary/aromatic N) is 2. The summed E-state index contributed by atoms with van der Waals surface area (Å²) in [5.41, 5.74) is 1.54. The Morgan fingerprint density at radius 3 is 2.14 bits per heavy atom. The first kappa shape index (κ1) is 23.3. The second-order valence-corrected chi connectivity index (χ2v) is 10.5. The van der Waals surface area contributed by atoms with Crippen molar-refractivity contribution in [3.63, 3.8) is 0 Å². The van der Waals surface area contributed by atoms with Crippen LogP contribution in [0.2, 0.25) is 0 Å². The molecule has 0 bridgehead atoms. The number of nitrogens with one attached hydrogen (secondary N) is 2. The molecular formula is C20H32N4O4S. The molecule has 2 N–H and O–H groups in total. The summed E-state index contributed by atoms with van der Waals surface area (Å²) in [6, 6.07) is 4.07. The number of benzene rings is 1. The van der Waals surface area contributed by atoms with E-state index in [4.69, 9.17) is 0 Å². The molecule has 0 spiro atoms. The van der Waals surface area contributed by atoms with Crippen molar-refractivity contribution in [3.8, 4) is 0 Å². The van der Waals surface area contributed by atoms with Crippen molar-refractivity contribution in [2.45, 2.75) is 58.0 Å². The molecule has 1 aromatic rings. The van der Waals surface area contributed by atoms with Crippen LogP contribution in [0.5, 0.6) is 0 Å². The van der Waals surface area contributed by atoms with E-state index in [0.717, 1.165) is 11.1 Å².